The minimum atomic E-state index is 0.261. The van der Waals surface area contributed by atoms with Crippen LogP contribution in [0.4, 0.5) is 0 Å². The van der Waals surface area contributed by atoms with Crippen LogP contribution < -0.4 is 10.1 Å². The number of ether oxygens (including phenoxy) is 1. The van der Waals surface area contributed by atoms with Crippen molar-refractivity contribution in [3.63, 3.8) is 0 Å². The highest BCUT2D eigenvalue weighted by molar-refractivity contribution is 5.78. The van der Waals surface area contributed by atoms with E-state index in [1.54, 1.807) is 0 Å². The number of amides is 1. The molecule has 1 N–H and O–H groups in total. The van der Waals surface area contributed by atoms with Gasteiger partial charge in [0.15, 0.2) is 0 Å². The number of likely N-dealkylation sites (tertiary alicyclic amines) is 1. The summed E-state index contributed by atoms with van der Waals surface area (Å²) in [4.78, 5) is 14.6. The number of nitrogens with zero attached hydrogens (tertiary/aromatic N) is 1. The molecule has 2 aliphatic rings. The molecule has 22 heavy (non-hydrogen) atoms. The summed E-state index contributed by atoms with van der Waals surface area (Å²) in [6.45, 7) is 6.74. The lowest BCUT2D eigenvalue weighted by atomic mass is 9.92. The average Bonchev–Trinajstić information content (AvgIpc) is 2.88. The van der Waals surface area contributed by atoms with E-state index in [2.05, 4.69) is 10.2 Å². The number of fused-ring (bicyclic) bond motifs is 1. The summed E-state index contributed by atoms with van der Waals surface area (Å²) >= 11 is 0. The maximum atomic E-state index is 12.5. The highest BCUT2D eigenvalue weighted by Crippen LogP contribution is 2.27. The van der Waals surface area contributed by atoms with Gasteiger partial charge < -0.3 is 15.0 Å². The Bertz CT molecular complexity index is 486. The number of rotatable bonds is 4. The SMILES string of the molecule is CCOc1ccc(CC(=O)N2CC[C@@H]3CNC[C@@H]3CC2)cc1. The molecule has 0 spiro atoms. The highest BCUT2D eigenvalue weighted by Gasteiger charge is 2.31. The number of nitrogens with one attached hydrogen (secondary N) is 1. The first-order valence-electron chi connectivity index (χ1n) is 8.46. The molecule has 2 atom stereocenters. The highest BCUT2D eigenvalue weighted by atomic mass is 16.5. The van der Waals surface area contributed by atoms with Gasteiger partial charge in [0.2, 0.25) is 5.91 Å². The summed E-state index contributed by atoms with van der Waals surface area (Å²) in [6, 6.07) is 7.90. The second-order valence-corrected chi connectivity index (χ2v) is 6.39. The molecule has 2 aliphatic heterocycles. The van der Waals surface area contributed by atoms with Gasteiger partial charge in [-0.1, -0.05) is 12.1 Å². The zero-order chi connectivity index (χ0) is 15.4. The topological polar surface area (TPSA) is 41.6 Å². The first-order chi connectivity index (χ1) is 10.8. The van der Waals surface area contributed by atoms with Crippen LogP contribution in [0.1, 0.15) is 25.3 Å². The Hall–Kier alpha value is -1.55. The minimum Gasteiger partial charge on any atom is -0.494 e. The van der Waals surface area contributed by atoms with Crippen molar-refractivity contribution in [1.29, 1.82) is 0 Å². The molecule has 4 nitrogen and oxygen atoms in total. The van der Waals surface area contributed by atoms with Gasteiger partial charge in [-0.15, -0.1) is 0 Å². The predicted octanol–water partition coefficient (Wildman–Crippen LogP) is 2.09. The Kier molecular flexibility index (Phi) is 4.98. The molecule has 0 aromatic heterocycles. The Morgan fingerprint density at radius 1 is 1.18 bits per heavy atom. The molecular formula is C18H26N2O2. The molecule has 0 bridgehead atoms. The molecule has 0 aliphatic carbocycles. The molecule has 1 aromatic carbocycles. The quantitative estimate of drug-likeness (QED) is 0.926. The molecule has 0 radical (unpaired) electrons. The molecule has 0 unspecified atom stereocenters. The van der Waals surface area contributed by atoms with Crippen molar-refractivity contribution in [3.8, 4) is 5.75 Å². The standard InChI is InChI=1S/C18H26N2O2/c1-2-22-17-5-3-14(4-6-17)11-18(21)20-9-7-15-12-19-13-16(15)8-10-20/h3-6,15-16,19H,2,7-13H2,1H3/t15-,16+. The second kappa shape index (κ2) is 7.14. The third kappa shape index (κ3) is 3.61. The van der Waals surface area contributed by atoms with E-state index >= 15 is 0 Å². The third-order valence-corrected chi connectivity index (χ3v) is 4.96. The van der Waals surface area contributed by atoms with Crippen molar-refractivity contribution in [2.24, 2.45) is 11.8 Å². The molecule has 0 saturated carbocycles. The van der Waals surface area contributed by atoms with Gasteiger partial charge in [-0.2, -0.15) is 0 Å². The summed E-state index contributed by atoms with van der Waals surface area (Å²) < 4.78 is 5.44. The zero-order valence-corrected chi connectivity index (χ0v) is 13.4. The van der Waals surface area contributed by atoms with Crippen molar-refractivity contribution in [2.45, 2.75) is 26.2 Å². The zero-order valence-electron chi connectivity index (χ0n) is 13.4. The van der Waals surface area contributed by atoms with E-state index < -0.39 is 0 Å². The fourth-order valence-corrected chi connectivity index (χ4v) is 3.62. The molecule has 3 rings (SSSR count). The predicted molar refractivity (Wildman–Crippen MR) is 87.0 cm³/mol. The normalized spacial score (nSPS) is 24.7. The first kappa shape index (κ1) is 15.3. The lowest BCUT2D eigenvalue weighted by molar-refractivity contribution is -0.130. The lowest BCUT2D eigenvalue weighted by Gasteiger charge is -2.21. The molecule has 4 heteroatoms. The monoisotopic (exact) mass is 302 g/mol. The fourth-order valence-electron chi connectivity index (χ4n) is 3.62. The van der Waals surface area contributed by atoms with Crippen LogP contribution in [0, 0.1) is 11.8 Å². The van der Waals surface area contributed by atoms with Gasteiger partial charge in [-0.05, 0) is 62.4 Å². The van der Waals surface area contributed by atoms with E-state index in [0.717, 1.165) is 62.2 Å². The summed E-state index contributed by atoms with van der Waals surface area (Å²) in [7, 11) is 0. The van der Waals surface area contributed by atoms with E-state index in [4.69, 9.17) is 4.74 Å². The van der Waals surface area contributed by atoms with Crippen LogP contribution in [-0.4, -0.2) is 43.6 Å². The van der Waals surface area contributed by atoms with E-state index in [1.807, 2.05) is 31.2 Å². The number of carbonyl (C=O) groups is 1. The second-order valence-electron chi connectivity index (χ2n) is 6.39. The van der Waals surface area contributed by atoms with E-state index in [1.165, 1.54) is 0 Å². The Morgan fingerprint density at radius 3 is 2.41 bits per heavy atom. The molecule has 2 saturated heterocycles. The molecule has 1 amide bonds. The number of hydrogen-bond acceptors (Lipinski definition) is 3. The van der Waals surface area contributed by atoms with Crippen LogP contribution in [0.3, 0.4) is 0 Å². The largest absolute Gasteiger partial charge is 0.494 e. The van der Waals surface area contributed by atoms with Crippen LogP contribution in [0.25, 0.3) is 0 Å². The molecule has 120 valence electrons. The Balaban J connectivity index is 1.55. The molecule has 2 fully saturated rings. The van der Waals surface area contributed by atoms with E-state index in [9.17, 15) is 4.79 Å². The fraction of sp³-hybridized carbons (Fsp3) is 0.611. The van der Waals surface area contributed by atoms with E-state index in [0.29, 0.717) is 13.0 Å². The Morgan fingerprint density at radius 2 is 1.82 bits per heavy atom. The summed E-state index contributed by atoms with van der Waals surface area (Å²) in [5.41, 5.74) is 1.07. The van der Waals surface area contributed by atoms with Gasteiger partial charge in [0.1, 0.15) is 5.75 Å². The third-order valence-electron chi connectivity index (χ3n) is 4.96. The van der Waals surface area contributed by atoms with Gasteiger partial charge in [0.25, 0.3) is 0 Å². The molecular weight excluding hydrogens is 276 g/mol. The first-order valence-corrected chi connectivity index (χ1v) is 8.46. The van der Waals surface area contributed by atoms with Crippen LogP contribution in [0.5, 0.6) is 5.75 Å². The van der Waals surface area contributed by atoms with Crippen LogP contribution in [0.15, 0.2) is 24.3 Å². The van der Waals surface area contributed by atoms with Crippen LogP contribution in [-0.2, 0) is 11.2 Å². The number of hydrogen-bond donors (Lipinski definition) is 1. The number of benzene rings is 1. The smallest absolute Gasteiger partial charge is 0.226 e. The minimum absolute atomic E-state index is 0.261. The van der Waals surface area contributed by atoms with Crippen molar-refractivity contribution in [1.82, 2.24) is 10.2 Å². The maximum absolute atomic E-state index is 12.5. The van der Waals surface area contributed by atoms with Gasteiger partial charge in [-0.3, -0.25) is 4.79 Å². The lowest BCUT2D eigenvalue weighted by Crippen LogP contribution is -2.33. The average molecular weight is 302 g/mol. The summed E-state index contributed by atoms with van der Waals surface area (Å²) in [5, 5.41) is 3.48. The molecule has 1 aromatic rings. The van der Waals surface area contributed by atoms with Gasteiger partial charge in [0, 0.05) is 13.1 Å². The maximum Gasteiger partial charge on any atom is 0.226 e. The summed E-state index contributed by atoms with van der Waals surface area (Å²) in [5.74, 6) is 2.66. The Labute approximate surface area is 132 Å². The van der Waals surface area contributed by atoms with Gasteiger partial charge in [-0.25, -0.2) is 0 Å². The van der Waals surface area contributed by atoms with Gasteiger partial charge >= 0.3 is 0 Å². The van der Waals surface area contributed by atoms with Crippen molar-refractivity contribution < 1.29 is 9.53 Å². The van der Waals surface area contributed by atoms with Crippen LogP contribution in [0.2, 0.25) is 0 Å². The number of carbonyl (C=O) groups excluding carboxylic acids is 1. The molecule has 2 heterocycles. The summed E-state index contributed by atoms with van der Waals surface area (Å²) in [6.07, 6.45) is 2.79. The van der Waals surface area contributed by atoms with Crippen molar-refractivity contribution >= 4 is 5.91 Å². The van der Waals surface area contributed by atoms with Crippen molar-refractivity contribution in [3.05, 3.63) is 29.8 Å². The van der Waals surface area contributed by atoms with Crippen LogP contribution >= 0.6 is 0 Å². The van der Waals surface area contributed by atoms with Gasteiger partial charge in [0.05, 0.1) is 13.0 Å². The van der Waals surface area contributed by atoms with Crippen molar-refractivity contribution in [2.75, 3.05) is 32.8 Å². The van der Waals surface area contributed by atoms with E-state index in [-0.39, 0.29) is 5.91 Å².